The highest BCUT2D eigenvalue weighted by Crippen LogP contribution is 2.21. The molecule has 2 rings (SSSR count). The number of rotatable bonds is 9. The molecule has 1 heterocycles. The van der Waals surface area contributed by atoms with E-state index in [4.69, 9.17) is 4.74 Å². The van der Waals surface area contributed by atoms with Gasteiger partial charge >= 0.3 is 0 Å². The van der Waals surface area contributed by atoms with Crippen LogP contribution >= 0.6 is 0 Å². The molecule has 8 heteroatoms. The molecular formula is C17H28N4O3S. The lowest BCUT2D eigenvalue weighted by atomic mass is 10.0. The number of hydrogen-bond donors (Lipinski definition) is 2. The summed E-state index contributed by atoms with van der Waals surface area (Å²) in [5.74, 6) is 0.786. The van der Waals surface area contributed by atoms with Crippen molar-refractivity contribution in [3.05, 3.63) is 29.8 Å². The number of methoxy groups -OCH3 is 1. The van der Waals surface area contributed by atoms with E-state index in [1.54, 1.807) is 19.2 Å². The molecule has 0 saturated heterocycles. The average molecular weight is 369 g/mol. The molecule has 0 amide bonds. The Labute approximate surface area is 150 Å². The topological polar surface area (TPSA) is 83.0 Å². The number of nitrogens with one attached hydrogen (secondary N) is 2. The van der Waals surface area contributed by atoms with Crippen molar-refractivity contribution in [1.82, 2.24) is 14.9 Å². The maximum Gasteiger partial charge on any atom is 0.266 e. The van der Waals surface area contributed by atoms with Crippen LogP contribution in [0.1, 0.15) is 25.3 Å². The van der Waals surface area contributed by atoms with E-state index in [1.807, 2.05) is 12.1 Å². The van der Waals surface area contributed by atoms with Gasteiger partial charge in [-0.25, -0.2) is 12.7 Å². The highest BCUT2D eigenvalue weighted by molar-refractivity contribution is 7.89. The molecule has 0 aromatic heterocycles. The van der Waals surface area contributed by atoms with Crippen molar-refractivity contribution in [1.29, 1.82) is 0 Å². The van der Waals surface area contributed by atoms with Crippen LogP contribution in [-0.4, -0.2) is 65.1 Å². The lowest BCUT2D eigenvalue weighted by Crippen LogP contribution is -2.44. The molecule has 0 radical (unpaired) electrons. The lowest BCUT2D eigenvalue weighted by Gasteiger charge is -2.21. The summed E-state index contributed by atoms with van der Waals surface area (Å²) < 4.78 is 32.1. The third-order valence-corrected chi connectivity index (χ3v) is 5.81. The van der Waals surface area contributed by atoms with Gasteiger partial charge in [0.1, 0.15) is 0 Å². The van der Waals surface area contributed by atoms with E-state index >= 15 is 0 Å². The third-order valence-electron chi connectivity index (χ3n) is 4.00. The summed E-state index contributed by atoms with van der Waals surface area (Å²) in [7, 11) is -1.93. The average Bonchev–Trinajstić information content (AvgIpc) is 3.07. The van der Waals surface area contributed by atoms with Gasteiger partial charge in [0.25, 0.3) is 10.0 Å². The summed E-state index contributed by atoms with van der Waals surface area (Å²) in [5.41, 5.74) is 1.12. The Morgan fingerprint density at radius 2 is 1.92 bits per heavy atom. The van der Waals surface area contributed by atoms with Crippen LogP contribution in [0.4, 0.5) is 0 Å². The normalized spacial score (nSPS) is 14.9. The Bertz CT molecular complexity index is 672. The second-order valence-electron chi connectivity index (χ2n) is 6.18. The molecule has 0 spiro atoms. The van der Waals surface area contributed by atoms with Crippen LogP contribution in [0.2, 0.25) is 0 Å². The molecule has 1 aliphatic rings. The fourth-order valence-corrected chi connectivity index (χ4v) is 3.93. The molecule has 0 atom stereocenters. The molecule has 0 fully saturated rings. The first-order valence-electron chi connectivity index (χ1n) is 8.57. The van der Waals surface area contributed by atoms with Gasteiger partial charge in [0.05, 0.1) is 24.6 Å². The number of guanidine groups is 1. The molecule has 2 N–H and O–H groups in total. The Hall–Kier alpha value is -1.64. The fraction of sp³-hybridized carbons (Fsp3) is 0.588. The zero-order valence-corrected chi connectivity index (χ0v) is 16.0. The van der Waals surface area contributed by atoms with Gasteiger partial charge < -0.3 is 15.4 Å². The monoisotopic (exact) mass is 368 g/mol. The van der Waals surface area contributed by atoms with Crippen molar-refractivity contribution in [3.63, 3.8) is 0 Å². The molecule has 0 bridgehead atoms. The van der Waals surface area contributed by atoms with Crippen molar-refractivity contribution >= 4 is 16.0 Å². The molecule has 7 nitrogen and oxygen atoms in total. The number of nitrogens with zero attached hydrogens (tertiary/aromatic N) is 2. The predicted octanol–water partition coefficient (Wildman–Crippen LogP) is 0.996. The predicted molar refractivity (Wildman–Crippen MR) is 99.5 cm³/mol. The van der Waals surface area contributed by atoms with Gasteiger partial charge in [0, 0.05) is 26.7 Å². The Morgan fingerprint density at radius 3 is 2.56 bits per heavy atom. The van der Waals surface area contributed by atoms with Crippen LogP contribution in [0.3, 0.4) is 0 Å². The zero-order chi connectivity index (χ0) is 18.3. The van der Waals surface area contributed by atoms with Crippen molar-refractivity contribution in [3.8, 4) is 0 Å². The molecular weight excluding hydrogens is 340 g/mol. The van der Waals surface area contributed by atoms with Crippen LogP contribution < -0.4 is 10.6 Å². The highest BCUT2D eigenvalue weighted by Gasteiger charge is 2.30. The van der Waals surface area contributed by atoms with E-state index in [2.05, 4.69) is 29.5 Å². The minimum atomic E-state index is -3.58. The van der Waals surface area contributed by atoms with E-state index in [1.165, 1.54) is 4.31 Å². The Kier molecular flexibility index (Phi) is 7.22. The molecule has 140 valence electrons. The van der Waals surface area contributed by atoms with E-state index in [-0.39, 0.29) is 0 Å². The Balaban J connectivity index is 1.97. The molecule has 0 saturated carbocycles. The number of ether oxygens (including phenoxy) is 1. The van der Waals surface area contributed by atoms with Gasteiger partial charge in [0.2, 0.25) is 5.96 Å². The van der Waals surface area contributed by atoms with Gasteiger partial charge in [-0.05, 0) is 23.6 Å². The van der Waals surface area contributed by atoms with Gasteiger partial charge in [-0.15, -0.1) is 0 Å². The standard InChI is InChI=1S/C17H28N4O3S/c1-14(2)15-4-6-16(7-5-15)25(22,23)21-12-10-20-17(21)19-9-8-18-11-13-24-3/h4-7,14,18H,8-13H2,1-3H3,(H,19,20). The maximum atomic E-state index is 12.9. The molecule has 0 unspecified atom stereocenters. The molecule has 25 heavy (non-hydrogen) atoms. The molecule has 0 aliphatic carbocycles. The maximum absolute atomic E-state index is 12.9. The van der Waals surface area contributed by atoms with E-state index in [0.29, 0.717) is 49.6 Å². The molecule has 1 aliphatic heterocycles. The first-order valence-corrected chi connectivity index (χ1v) is 10.0. The van der Waals surface area contributed by atoms with Crippen LogP contribution in [0, 0.1) is 0 Å². The van der Waals surface area contributed by atoms with Crippen LogP contribution in [-0.2, 0) is 14.8 Å². The number of sulfonamides is 1. The summed E-state index contributed by atoms with van der Waals surface area (Å²) in [6.07, 6.45) is 0. The van der Waals surface area contributed by atoms with Crippen molar-refractivity contribution in [2.75, 3.05) is 46.4 Å². The van der Waals surface area contributed by atoms with Crippen molar-refractivity contribution in [2.45, 2.75) is 24.7 Å². The smallest absolute Gasteiger partial charge is 0.266 e. The third kappa shape index (κ3) is 5.17. The van der Waals surface area contributed by atoms with Crippen molar-refractivity contribution < 1.29 is 13.2 Å². The number of benzene rings is 1. The van der Waals surface area contributed by atoms with E-state index < -0.39 is 10.0 Å². The van der Waals surface area contributed by atoms with Gasteiger partial charge in [-0.1, -0.05) is 26.0 Å². The van der Waals surface area contributed by atoms with Crippen LogP contribution in [0.25, 0.3) is 0 Å². The zero-order valence-electron chi connectivity index (χ0n) is 15.2. The largest absolute Gasteiger partial charge is 0.383 e. The van der Waals surface area contributed by atoms with Crippen LogP contribution in [0.5, 0.6) is 0 Å². The summed E-state index contributed by atoms with van der Waals surface area (Å²) in [6.45, 7) is 7.72. The fourth-order valence-electron chi connectivity index (χ4n) is 2.52. The minimum absolute atomic E-state index is 0.298. The second kappa shape index (κ2) is 9.17. The highest BCUT2D eigenvalue weighted by atomic mass is 32.2. The quantitative estimate of drug-likeness (QED) is 0.635. The summed E-state index contributed by atoms with van der Waals surface area (Å²) >= 11 is 0. The number of aliphatic imine (C=N–C) groups is 1. The minimum Gasteiger partial charge on any atom is -0.383 e. The first-order chi connectivity index (χ1) is 12.0. The Morgan fingerprint density at radius 1 is 1.20 bits per heavy atom. The summed E-state index contributed by atoms with van der Waals surface area (Å²) in [5, 5.41) is 6.31. The lowest BCUT2D eigenvalue weighted by molar-refractivity contribution is 0.199. The summed E-state index contributed by atoms with van der Waals surface area (Å²) in [6, 6.07) is 7.09. The van der Waals surface area contributed by atoms with Gasteiger partial charge in [-0.2, -0.15) is 0 Å². The van der Waals surface area contributed by atoms with Gasteiger partial charge in [0.15, 0.2) is 0 Å². The molecule has 1 aromatic carbocycles. The number of hydrogen-bond acceptors (Lipinski definition) is 6. The van der Waals surface area contributed by atoms with Gasteiger partial charge in [-0.3, -0.25) is 4.99 Å². The second-order valence-corrected chi connectivity index (χ2v) is 8.04. The first kappa shape index (κ1) is 19.7. The SMILES string of the molecule is COCCNCCNC1=NCCN1S(=O)(=O)c1ccc(C(C)C)cc1. The molecule has 1 aromatic rings. The summed E-state index contributed by atoms with van der Waals surface area (Å²) in [4.78, 5) is 4.59. The van der Waals surface area contributed by atoms with Crippen LogP contribution in [0.15, 0.2) is 34.2 Å². The van der Waals surface area contributed by atoms with E-state index in [9.17, 15) is 8.42 Å². The van der Waals surface area contributed by atoms with Crippen molar-refractivity contribution in [2.24, 2.45) is 4.99 Å². The van der Waals surface area contributed by atoms with E-state index in [0.717, 1.165) is 12.1 Å².